The summed E-state index contributed by atoms with van der Waals surface area (Å²) < 4.78 is 11.4. The Morgan fingerprint density at radius 2 is 1.74 bits per heavy atom. The molecule has 0 radical (unpaired) electrons. The van der Waals surface area contributed by atoms with Crippen LogP contribution < -0.4 is 0 Å². The monoisotopic (exact) mass is 409 g/mol. The quantitative estimate of drug-likeness (QED) is 0.347. The highest BCUT2D eigenvalue weighted by Crippen LogP contribution is 2.43. The van der Waals surface area contributed by atoms with Crippen LogP contribution in [0, 0.1) is 11.3 Å². The number of nitrogens with zero attached hydrogens (tertiary/aromatic N) is 1. The molecule has 2 aliphatic rings. The zero-order valence-electron chi connectivity index (χ0n) is 17.4. The second-order valence-electron chi connectivity index (χ2n) is 7.33. The Morgan fingerprint density at radius 1 is 1.06 bits per heavy atom. The highest BCUT2D eigenvalue weighted by atomic mass is 16.5. The summed E-state index contributed by atoms with van der Waals surface area (Å²) in [6, 6.07) is 22.2. The Balaban J connectivity index is 1.88. The molecule has 2 aromatic carbocycles. The lowest BCUT2D eigenvalue weighted by Crippen LogP contribution is -2.13. The highest BCUT2D eigenvalue weighted by Gasteiger charge is 2.28. The minimum Gasteiger partial charge on any atom is -0.462 e. The SMILES string of the molecule is CCOC(=O)C(C#N)=CC1=C2OC(c3ccccc3)=CC(c3ccccc3)=C2CCC1. The molecule has 1 heterocycles. The van der Waals surface area contributed by atoms with Gasteiger partial charge in [0.25, 0.3) is 0 Å². The van der Waals surface area contributed by atoms with Gasteiger partial charge in [0, 0.05) is 11.1 Å². The second-order valence-corrected chi connectivity index (χ2v) is 7.33. The molecule has 0 N–H and O–H groups in total. The normalized spacial score (nSPS) is 16.1. The molecular weight excluding hydrogens is 386 g/mol. The topological polar surface area (TPSA) is 59.3 Å². The maximum absolute atomic E-state index is 12.2. The van der Waals surface area contributed by atoms with Crippen molar-refractivity contribution in [3.63, 3.8) is 0 Å². The van der Waals surface area contributed by atoms with E-state index in [1.165, 1.54) is 0 Å². The summed E-state index contributed by atoms with van der Waals surface area (Å²) >= 11 is 0. The fourth-order valence-electron chi connectivity index (χ4n) is 3.90. The third-order valence-electron chi connectivity index (χ3n) is 5.33. The van der Waals surface area contributed by atoms with Crippen molar-refractivity contribution in [2.45, 2.75) is 26.2 Å². The molecule has 31 heavy (non-hydrogen) atoms. The van der Waals surface area contributed by atoms with Gasteiger partial charge in [-0.1, -0.05) is 60.7 Å². The lowest BCUT2D eigenvalue weighted by atomic mass is 9.85. The summed E-state index contributed by atoms with van der Waals surface area (Å²) in [5.74, 6) is 0.885. The average Bonchev–Trinajstić information content (AvgIpc) is 2.83. The van der Waals surface area contributed by atoms with Crippen LogP contribution in [-0.4, -0.2) is 12.6 Å². The van der Waals surface area contributed by atoms with Gasteiger partial charge >= 0.3 is 5.97 Å². The zero-order chi connectivity index (χ0) is 21.6. The van der Waals surface area contributed by atoms with E-state index in [1.54, 1.807) is 13.0 Å². The largest absolute Gasteiger partial charge is 0.462 e. The van der Waals surface area contributed by atoms with Crippen molar-refractivity contribution in [3.05, 3.63) is 106 Å². The Bertz CT molecular complexity index is 1150. The second kappa shape index (κ2) is 9.32. The predicted octanol–water partition coefficient (Wildman–Crippen LogP) is 5.96. The summed E-state index contributed by atoms with van der Waals surface area (Å²) in [6.07, 6.45) is 6.24. The number of ether oxygens (including phenoxy) is 2. The summed E-state index contributed by atoms with van der Waals surface area (Å²) in [6.45, 7) is 1.95. The first kappa shape index (κ1) is 20.4. The first-order valence-corrected chi connectivity index (χ1v) is 10.5. The number of benzene rings is 2. The maximum Gasteiger partial charge on any atom is 0.348 e. The van der Waals surface area contributed by atoms with E-state index >= 15 is 0 Å². The zero-order valence-corrected chi connectivity index (χ0v) is 17.4. The number of allylic oxidation sites excluding steroid dienone is 5. The van der Waals surface area contributed by atoms with Crippen molar-refractivity contribution in [2.24, 2.45) is 0 Å². The van der Waals surface area contributed by atoms with Crippen molar-refractivity contribution in [1.82, 2.24) is 0 Å². The van der Waals surface area contributed by atoms with E-state index in [1.807, 2.05) is 54.6 Å². The summed E-state index contributed by atoms with van der Waals surface area (Å²) in [7, 11) is 0. The Kier molecular flexibility index (Phi) is 6.14. The average molecular weight is 409 g/mol. The van der Waals surface area contributed by atoms with Crippen LogP contribution in [0.3, 0.4) is 0 Å². The third kappa shape index (κ3) is 4.36. The van der Waals surface area contributed by atoms with Gasteiger partial charge < -0.3 is 9.47 Å². The van der Waals surface area contributed by atoms with Crippen molar-refractivity contribution in [3.8, 4) is 6.07 Å². The lowest BCUT2D eigenvalue weighted by molar-refractivity contribution is -0.138. The molecule has 4 heteroatoms. The summed E-state index contributed by atoms with van der Waals surface area (Å²) in [5, 5.41) is 9.50. The van der Waals surface area contributed by atoms with Crippen molar-refractivity contribution in [2.75, 3.05) is 6.61 Å². The molecule has 0 spiro atoms. The van der Waals surface area contributed by atoms with Gasteiger partial charge in [-0.15, -0.1) is 0 Å². The first-order chi connectivity index (χ1) is 15.2. The Labute approximate surface area is 182 Å². The molecule has 1 aliphatic heterocycles. The number of fused-ring (bicyclic) bond motifs is 1. The van der Waals surface area contributed by atoms with Crippen molar-refractivity contribution < 1.29 is 14.3 Å². The summed E-state index contributed by atoms with van der Waals surface area (Å²) in [4.78, 5) is 12.2. The molecule has 0 bridgehead atoms. The van der Waals surface area contributed by atoms with E-state index in [4.69, 9.17) is 9.47 Å². The molecule has 0 unspecified atom stereocenters. The fraction of sp³-hybridized carbons (Fsp3) is 0.185. The molecule has 0 amide bonds. The van der Waals surface area contributed by atoms with Crippen molar-refractivity contribution in [1.29, 1.82) is 5.26 Å². The number of hydrogen-bond acceptors (Lipinski definition) is 4. The van der Waals surface area contributed by atoms with Gasteiger partial charge in [-0.05, 0) is 55.0 Å². The number of esters is 1. The van der Waals surface area contributed by atoms with Crippen molar-refractivity contribution >= 4 is 17.3 Å². The third-order valence-corrected chi connectivity index (χ3v) is 5.33. The number of carbonyl (C=O) groups is 1. The van der Waals surface area contributed by atoms with Crippen LogP contribution in [0.2, 0.25) is 0 Å². The Morgan fingerprint density at radius 3 is 2.39 bits per heavy atom. The van der Waals surface area contributed by atoms with E-state index in [2.05, 4.69) is 18.2 Å². The van der Waals surface area contributed by atoms with Gasteiger partial charge in [0.2, 0.25) is 0 Å². The highest BCUT2D eigenvalue weighted by molar-refractivity contribution is 5.94. The van der Waals surface area contributed by atoms with Gasteiger partial charge in [-0.2, -0.15) is 5.26 Å². The molecule has 4 nitrogen and oxygen atoms in total. The predicted molar refractivity (Wildman–Crippen MR) is 120 cm³/mol. The van der Waals surface area contributed by atoms with Crippen LogP contribution >= 0.6 is 0 Å². The van der Waals surface area contributed by atoms with Crippen LogP contribution in [-0.2, 0) is 14.3 Å². The molecular formula is C27H23NO3. The van der Waals surface area contributed by atoms with Crippen LogP contribution in [0.15, 0.2) is 95.3 Å². The number of rotatable bonds is 5. The molecule has 0 saturated carbocycles. The molecule has 0 aromatic heterocycles. The Hall–Kier alpha value is -3.84. The van der Waals surface area contributed by atoms with E-state index < -0.39 is 5.97 Å². The van der Waals surface area contributed by atoms with Crippen LogP contribution in [0.4, 0.5) is 0 Å². The maximum atomic E-state index is 12.2. The number of carbonyl (C=O) groups excluding carboxylic acids is 1. The minimum atomic E-state index is -0.605. The molecule has 1 aliphatic carbocycles. The van der Waals surface area contributed by atoms with E-state index in [-0.39, 0.29) is 12.2 Å². The lowest BCUT2D eigenvalue weighted by Gasteiger charge is -2.29. The minimum absolute atomic E-state index is 0.00808. The van der Waals surface area contributed by atoms with Crippen LogP contribution in [0.1, 0.15) is 37.3 Å². The molecule has 0 saturated heterocycles. The summed E-state index contributed by atoms with van der Waals surface area (Å²) in [5.41, 5.74) is 5.14. The van der Waals surface area contributed by atoms with Crippen LogP contribution in [0.25, 0.3) is 11.3 Å². The van der Waals surface area contributed by atoms with E-state index in [9.17, 15) is 10.1 Å². The number of nitriles is 1. The van der Waals surface area contributed by atoms with Gasteiger partial charge in [0.1, 0.15) is 23.2 Å². The molecule has 4 rings (SSSR count). The van der Waals surface area contributed by atoms with Gasteiger partial charge in [0.05, 0.1) is 6.61 Å². The fourth-order valence-corrected chi connectivity index (χ4v) is 3.90. The molecule has 0 fully saturated rings. The van der Waals surface area contributed by atoms with Gasteiger partial charge in [0.15, 0.2) is 0 Å². The van der Waals surface area contributed by atoms with Gasteiger partial charge in [-0.3, -0.25) is 0 Å². The number of hydrogen-bond donors (Lipinski definition) is 0. The van der Waals surface area contributed by atoms with E-state index in [0.717, 1.165) is 58.6 Å². The standard InChI is InChI=1S/C27H23NO3/c1-2-30-27(29)22(18-28)16-21-14-9-15-23-24(19-10-5-3-6-11-19)17-25(31-26(21)23)20-12-7-4-8-13-20/h3-8,10-13,16-17H,2,9,14-15H2,1H3. The smallest absolute Gasteiger partial charge is 0.348 e. The molecule has 2 aromatic rings. The first-order valence-electron chi connectivity index (χ1n) is 10.5. The molecule has 154 valence electrons. The van der Waals surface area contributed by atoms with Crippen LogP contribution in [0.5, 0.6) is 0 Å². The molecule has 0 atom stereocenters. The van der Waals surface area contributed by atoms with Gasteiger partial charge in [-0.25, -0.2) is 4.79 Å². The van der Waals surface area contributed by atoms with E-state index in [0.29, 0.717) is 0 Å².